The predicted molar refractivity (Wildman–Crippen MR) is 112 cm³/mol. The number of carbonyl (C=O) groups is 1. The van der Waals surface area contributed by atoms with Gasteiger partial charge in [-0.15, -0.1) is 0 Å². The summed E-state index contributed by atoms with van der Waals surface area (Å²) >= 11 is 0. The van der Waals surface area contributed by atoms with Crippen molar-refractivity contribution in [3.8, 4) is 0 Å². The lowest BCUT2D eigenvalue weighted by Crippen LogP contribution is -2.31. The molecule has 0 aliphatic rings. The van der Waals surface area contributed by atoms with E-state index in [-0.39, 0.29) is 10.8 Å². The van der Waals surface area contributed by atoms with Crippen molar-refractivity contribution >= 4 is 27.3 Å². The van der Waals surface area contributed by atoms with Crippen molar-refractivity contribution in [3.05, 3.63) is 90.5 Å². The van der Waals surface area contributed by atoms with Gasteiger partial charge in [-0.05, 0) is 55.5 Å². The summed E-state index contributed by atoms with van der Waals surface area (Å²) in [5.41, 5.74) is 1.80. The number of hydrogen-bond donors (Lipinski definition) is 0. The lowest BCUT2D eigenvalue weighted by molar-refractivity contribution is 0.0993. The molecule has 5 nitrogen and oxygen atoms in total. The van der Waals surface area contributed by atoms with Gasteiger partial charge in [0.15, 0.2) is 0 Å². The van der Waals surface area contributed by atoms with Crippen molar-refractivity contribution < 1.29 is 13.2 Å². The number of sulfonamides is 1. The van der Waals surface area contributed by atoms with Crippen LogP contribution >= 0.6 is 0 Å². The van der Waals surface area contributed by atoms with Crippen LogP contribution in [0.2, 0.25) is 0 Å². The fourth-order valence-electron chi connectivity index (χ4n) is 2.94. The molecule has 0 aliphatic carbocycles. The van der Waals surface area contributed by atoms with Crippen LogP contribution in [0.25, 0.3) is 0 Å². The van der Waals surface area contributed by atoms with Crippen molar-refractivity contribution in [1.82, 2.24) is 0 Å². The van der Waals surface area contributed by atoms with Crippen LogP contribution in [0.1, 0.15) is 17.3 Å². The Kier molecular flexibility index (Phi) is 5.80. The van der Waals surface area contributed by atoms with E-state index in [0.717, 1.165) is 5.69 Å². The Bertz CT molecular complexity index is 1030. The van der Waals surface area contributed by atoms with Crippen molar-refractivity contribution in [2.45, 2.75) is 11.8 Å². The lowest BCUT2D eigenvalue weighted by Gasteiger charge is -2.23. The van der Waals surface area contributed by atoms with Gasteiger partial charge in [0.25, 0.3) is 15.9 Å². The molecule has 3 aromatic rings. The molecular formula is C22H22N2O3S. The highest BCUT2D eigenvalue weighted by Gasteiger charge is 2.24. The number of anilines is 2. The third-order valence-corrected chi connectivity index (χ3v) is 6.39. The van der Waals surface area contributed by atoms with Gasteiger partial charge in [0.2, 0.25) is 0 Å². The number of rotatable bonds is 6. The molecule has 0 radical (unpaired) electrons. The highest BCUT2D eigenvalue weighted by atomic mass is 32.2. The molecule has 144 valence electrons. The molecule has 0 bridgehead atoms. The van der Waals surface area contributed by atoms with Crippen LogP contribution in [0.5, 0.6) is 0 Å². The normalized spacial score (nSPS) is 11.1. The Hall–Kier alpha value is -3.12. The zero-order chi connectivity index (χ0) is 20.1. The van der Waals surface area contributed by atoms with Gasteiger partial charge in [-0.2, -0.15) is 0 Å². The Balaban J connectivity index is 1.86. The number of benzene rings is 3. The highest BCUT2D eigenvalue weighted by molar-refractivity contribution is 7.92. The number of amides is 1. The molecule has 28 heavy (non-hydrogen) atoms. The molecule has 0 unspecified atom stereocenters. The quantitative estimate of drug-likeness (QED) is 0.630. The maximum Gasteiger partial charge on any atom is 0.264 e. The van der Waals surface area contributed by atoms with Gasteiger partial charge in [-0.25, -0.2) is 8.42 Å². The van der Waals surface area contributed by atoms with Crippen LogP contribution in [0.4, 0.5) is 11.4 Å². The van der Waals surface area contributed by atoms with Gasteiger partial charge in [-0.3, -0.25) is 9.10 Å². The molecule has 0 aliphatic heterocycles. The van der Waals surface area contributed by atoms with Gasteiger partial charge < -0.3 is 4.90 Å². The molecule has 3 rings (SSSR count). The van der Waals surface area contributed by atoms with Crippen LogP contribution in [0, 0.1) is 0 Å². The second-order valence-electron chi connectivity index (χ2n) is 6.23. The molecular weight excluding hydrogens is 372 g/mol. The summed E-state index contributed by atoms with van der Waals surface area (Å²) in [5, 5.41) is 0. The van der Waals surface area contributed by atoms with Crippen LogP contribution in [-0.4, -0.2) is 27.9 Å². The smallest absolute Gasteiger partial charge is 0.264 e. The van der Waals surface area contributed by atoms with Crippen LogP contribution in [0.15, 0.2) is 89.8 Å². The first kappa shape index (κ1) is 19.6. The standard InChI is InChI=1S/C22H22N2O3S/c1-3-24(20-12-8-5-9-13-20)28(26,27)21-16-14-18(15-17-21)22(25)23(2)19-10-6-4-7-11-19/h4-17H,3H2,1-2H3. The Morgan fingerprint density at radius 1 is 0.786 bits per heavy atom. The summed E-state index contributed by atoms with van der Waals surface area (Å²) in [6, 6.07) is 24.3. The molecule has 0 atom stereocenters. The monoisotopic (exact) mass is 394 g/mol. The Morgan fingerprint density at radius 3 is 1.79 bits per heavy atom. The van der Waals surface area contributed by atoms with Crippen molar-refractivity contribution in [2.24, 2.45) is 0 Å². The van der Waals surface area contributed by atoms with E-state index in [2.05, 4.69) is 0 Å². The van der Waals surface area contributed by atoms with E-state index in [4.69, 9.17) is 0 Å². The topological polar surface area (TPSA) is 57.7 Å². The molecule has 0 N–H and O–H groups in total. The number of para-hydroxylation sites is 2. The maximum atomic E-state index is 13.0. The minimum absolute atomic E-state index is 0.150. The van der Waals surface area contributed by atoms with E-state index >= 15 is 0 Å². The third kappa shape index (κ3) is 3.92. The first-order valence-electron chi connectivity index (χ1n) is 8.96. The maximum absolute atomic E-state index is 13.0. The molecule has 0 saturated carbocycles. The second-order valence-corrected chi connectivity index (χ2v) is 8.09. The van der Waals surface area contributed by atoms with Gasteiger partial charge in [0.1, 0.15) is 0 Å². The number of carbonyl (C=O) groups excluding carboxylic acids is 1. The van der Waals surface area contributed by atoms with E-state index in [9.17, 15) is 13.2 Å². The minimum Gasteiger partial charge on any atom is -0.311 e. The number of nitrogens with zero attached hydrogens (tertiary/aromatic N) is 2. The molecule has 0 saturated heterocycles. The van der Waals surface area contributed by atoms with Gasteiger partial charge >= 0.3 is 0 Å². The van der Waals surface area contributed by atoms with E-state index < -0.39 is 10.0 Å². The highest BCUT2D eigenvalue weighted by Crippen LogP contribution is 2.24. The molecule has 0 aromatic heterocycles. The zero-order valence-corrected chi connectivity index (χ0v) is 16.6. The third-order valence-electron chi connectivity index (χ3n) is 4.47. The number of hydrogen-bond acceptors (Lipinski definition) is 3. The van der Waals surface area contributed by atoms with Crippen molar-refractivity contribution in [1.29, 1.82) is 0 Å². The fraction of sp³-hybridized carbons (Fsp3) is 0.136. The average Bonchev–Trinajstić information content (AvgIpc) is 2.74. The van der Waals surface area contributed by atoms with E-state index in [1.807, 2.05) is 36.4 Å². The molecule has 0 heterocycles. The first-order valence-corrected chi connectivity index (χ1v) is 10.4. The minimum atomic E-state index is -3.71. The van der Waals surface area contributed by atoms with E-state index in [0.29, 0.717) is 17.8 Å². The van der Waals surface area contributed by atoms with Crippen molar-refractivity contribution in [2.75, 3.05) is 22.8 Å². The Labute approximate surface area is 165 Å². The molecule has 0 spiro atoms. The summed E-state index contributed by atoms with van der Waals surface area (Å²) in [7, 11) is -2.02. The van der Waals surface area contributed by atoms with Crippen LogP contribution < -0.4 is 9.21 Å². The van der Waals surface area contributed by atoms with Gasteiger partial charge in [0.05, 0.1) is 10.6 Å². The lowest BCUT2D eigenvalue weighted by atomic mass is 10.2. The summed E-state index contributed by atoms with van der Waals surface area (Å²) in [6.07, 6.45) is 0. The van der Waals surface area contributed by atoms with Gasteiger partial charge in [0, 0.05) is 24.8 Å². The van der Waals surface area contributed by atoms with E-state index in [1.54, 1.807) is 50.4 Å². The summed E-state index contributed by atoms with van der Waals surface area (Å²) in [5.74, 6) is -0.203. The Morgan fingerprint density at radius 2 is 1.29 bits per heavy atom. The molecule has 0 fully saturated rings. The van der Waals surface area contributed by atoms with Crippen LogP contribution in [-0.2, 0) is 10.0 Å². The van der Waals surface area contributed by atoms with Gasteiger partial charge in [-0.1, -0.05) is 36.4 Å². The fourth-order valence-corrected chi connectivity index (χ4v) is 4.42. The summed E-state index contributed by atoms with van der Waals surface area (Å²) in [6.45, 7) is 2.10. The molecule has 3 aromatic carbocycles. The second kappa shape index (κ2) is 8.27. The predicted octanol–water partition coefficient (Wildman–Crippen LogP) is 4.18. The van der Waals surface area contributed by atoms with E-state index in [1.165, 1.54) is 21.3 Å². The SMILES string of the molecule is CCN(c1ccccc1)S(=O)(=O)c1ccc(C(=O)N(C)c2ccccc2)cc1. The molecule has 6 heteroatoms. The largest absolute Gasteiger partial charge is 0.311 e. The van der Waals surface area contributed by atoms with Crippen molar-refractivity contribution in [3.63, 3.8) is 0 Å². The van der Waals surface area contributed by atoms with Crippen LogP contribution in [0.3, 0.4) is 0 Å². The average molecular weight is 394 g/mol. The zero-order valence-electron chi connectivity index (χ0n) is 15.8. The summed E-state index contributed by atoms with van der Waals surface area (Å²) in [4.78, 5) is 14.4. The first-order chi connectivity index (χ1) is 13.4. The summed E-state index contributed by atoms with van der Waals surface area (Å²) < 4.78 is 27.4. The molecule has 1 amide bonds.